The third kappa shape index (κ3) is 7.28. The fourth-order valence-corrected chi connectivity index (χ4v) is 5.24. The highest BCUT2D eigenvalue weighted by Gasteiger charge is 2.25. The molecule has 0 spiro atoms. The molecule has 1 heterocycles. The normalized spacial score (nSPS) is 11.8. The Kier molecular flexibility index (Phi) is 9.26. The van der Waals surface area contributed by atoms with Gasteiger partial charge in [-0.1, -0.05) is 100 Å². The van der Waals surface area contributed by atoms with Gasteiger partial charge in [0.2, 0.25) is 0 Å². The van der Waals surface area contributed by atoms with Gasteiger partial charge in [0.05, 0.1) is 17.0 Å². The van der Waals surface area contributed by atoms with Gasteiger partial charge in [0.25, 0.3) is 0 Å². The molecule has 0 atom stereocenters. The Morgan fingerprint density at radius 1 is 0.925 bits per heavy atom. The number of benzene rings is 3. The van der Waals surface area contributed by atoms with E-state index in [-0.39, 0.29) is 5.41 Å². The number of carboxylic acid groups (broad SMARTS) is 1. The van der Waals surface area contributed by atoms with Crippen LogP contribution in [0.3, 0.4) is 0 Å². The fraction of sp³-hybridized carbons (Fsp3) is 0.371. The van der Waals surface area contributed by atoms with Gasteiger partial charge in [0, 0.05) is 37.3 Å². The lowest BCUT2D eigenvalue weighted by Crippen LogP contribution is -2.33. The second-order valence-electron chi connectivity index (χ2n) is 12.1. The molecule has 5 heteroatoms. The van der Waals surface area contributed by atoms with Crippen molar-refractivity contribution in [2.75, 3.05) is 6.54 Å². The molecule has 3 aromatic carbocycles. The van der Waals surface area contributed by atoms with Gasteiger partial charge in [0.1, 0.15) is 5.82 Å². The van der Waals surface area contributed by atoms with E-state index in [4.69, 9.17) is 4.98 Å². The highest BCUT2D eigenvalue weighted by atomic mass is 16.4. The minimum absolute atomic E-state index is 0.0815. The summed E-state index contributed by atoms with van der Waals surface area (Å²) in [6.07, 6.45) is 2.18. The zero-order valence-electron chi connectivity index (χ0n) is 24.9. The molecule has 0 aliphatic carbocycles. The van der Waals surface area contributed by atoms with Crippen LogP contribution in [0, 0.1) is 19.3 Å². The minimum atomic E-state index is -0.899. The fourth-order valence-electron chi connectivity index (χ4n) is 5.24. The molecular formula is C35H43N3O2. The minimum Gasteiger partial charge on any atom is -0.478 e. The predicted molar refractivity (Wildman–Crippen MR) is 164 cm³/mol. The van der Waals surface area contributed by atoms with Gasteiger partial charge in [-0.05, 0) is 48.9 Å². The number of carbonyl (C=O) groups is 1. The summed E-state index contributed by atoms with van der Waals surface area (Å²) >= 11 is 0. The van der Waals surface area contributed by atoms with Gasteiger partial charge in [-0.25, -0.2) is 9.78 Å². The number of rotatable bonds is 11. The Hall–Kier alpha value is -3.70. The smallest absolute Gasteiger partial charge is 0.335 e. The first-order chi connectivity index (χ1) is 19.1. The molecule has 0 aliphatic rings. The van der Waals surface area contributed by atoms with Crippen LogP contribution in [-0.4, -0.2) is 32.1 Å². The Morgan fingerprint density at radius 3 is 2.20 bits per heavy atom. The summed E-state index contributed by atoms with van der Waals surface area (Å²) in [5, 5.41) is 9.36. The average Bonchev–Trinajstić information content (AvgIpc) is 3.25. The van der Waals surface area contributed by atoms with Crippen LogP contribution in [0.4, 0.5) is 0 Å². The lowest BCUT2D eigenvalue weighted by molar-refractivity contribution is 0.0697. The van der Waals surface area contributed by atoms with Crippen molar-refractivity contribution in [3.05, 3.63) is 101 Å². The molecule has 1 aromatic heterocycles. The highest BCUT2D eigenvalue weighted by Crippen LogP contribution is 2.33. The third-order valence-electron chi connectivity index (χ3n) is 7.20. The zero-order valence-corrected chi connectivity index (χ0v) is 24.9. The first-order valence-corrected chi connectivity index (χ1v) is 14.3. The number of unbranched alkanes of at least 4 members (excludes halogenated alkanes) is 1. The van der Waals surface area contributed by atoms with Crippen LogP contribution in [0.25, 0.3) is 22.6 Å². The van der Waals surface area contributed by atoms with Crippen molar-refractivity contribution in [1.82, 2.24) is 14.5 Å². The van der Waals surface area contributed by atoms with Gasteiger partial charge in [-0.3, -0.25) is 4.90 Å². The Bertz CT molecular complexity index is 1430. The quantitative estimate of drug-likeness (QED) is 0.209. The van der Waals surface area contributed by atoms with Crippen LogP contribution < -0.4 is 0 Å². The van der Waals surface area contributed by atoms with E-state index in [9.17, 15) is 9.90 Å². The summed E-state index contributed by atoms with van der Waals surface area (Å²) < 4.78 is 2.45. The first-order valence-electron chi connectivity index (χ1n) is 14.3. The van der Waals surface area contributed by atoms with Crippen LogP contribution in [0.1, 0.15) is 73.3 Å². The van der Waals surface area contributed by atoms with E-state index >= 15 is 0 Å². The number of carboxylic acids is 1. The SMILES string of the molecule is CCCCn1c(-c2ccccc2C)nc(-c2ccc(C)cc2)c1CN(Cc1ccc(C(=O)O)cc1)CC(C)(C)C. The van der Waals surface area contributed by atoms with E-state index in [2.05, 4.69) is 99.5 Å². The van der Waals surface area contributed by atoms with Crippen molar-refractivity contribution in [1.29, 1.82) is 0 Å². The van der Waals surface area contributed by atoms with Crippen LogP contribution >= 0.6 is 0 Å². The maximum absolute atomic E-state index is 11.4. The predicted octanol–water partition coefficient (Wildman–Crippen LogP) is 8.38. The molecule has 0 unspecified atom stereocenters. The highest BCUT2D eigenvalue weighted by molar-refractivity contribution is 5.87. The number of aryl methyl sites for hydroxylation is 2. The van der Waals surface area contributed by atoms with E-state index in [0.717, 1.165) is 61.7 Å². The lowest BCUT2D eigenvalue weighted by atomic mass is 9.95. The van der Waals surface area contributed by atoms with Gasteiger partial charge in [-0.2, -0.15) is 0 Å². The summed E-state index contributed by atoms with van der Waals surface area (Å²) in [5.74, 6) is 0.128. The van der Waals surface area contributed by atoms with E-state index in [0.29, 0.717) is 5.56 Å². The second-order valence-corrected chi connectivity index (χ2v) is 12.1. The van der Waals surface area contributed by atoms with Gasteiger partial charge < -0.3 is 9.67 Å². The summed E-state index contributed by atoms with van der Waals surface area (Å²) in [7, 11) is 0. The lowest BCUT2D eigenvalue weighted by Gasteiger charge is -2.31. The molecule has 5 nitrogen and oxygen atoms in total. The van der Waals surface area contributed by atoms with Gasteiger partial charge in [-0.15, -0.1) is 0 Å². The molecule has 1 N–H and O–H groups in total. The Labute approximate surface area is 239 Å². The van der Waals surface area contributed by atoms with Crippen molar-refractivity contribution >= 4 is 5.97 Å². The van der Waals surface area contributed by atoms with E-state index < -0.39 is 5.97 Å². The Balaban J connectivity index is 1.84. The van der Waals surface area contributed by atoms with E-state index in [1.165, 1.54) is 22.4 Å². The molecule has 0 amide bonds. The standard InChI is InChI=1S/C35H43N3O2/c1-7-8-21-38-31(23-37(24-35(4,5)6)22-27-15-19-29(20-16-27)34(39)40)32(28-17-13-25(2)14-18-28)36-33(38)30-12-10-9-11-26(30)3/h9-20H,7-8,21-24H2,1-6H3,(H,39,40). The monoisotopic (exact) mass is 537 g/mol. The van der Waals surface area contributed by atoms with E-state index in [1.54, 1.807) is 12.1 Å². The Morgan fingerprint density at radius 2 is 1.60 bits per heavy atom. The summed E-state index contributed by atoms with van der Waals surface area (Å²) in [6, 6.07) is 24.5. The van der Waals surface area contributed by atoms with E-state index in [1.807, 2.05) is 12.1 Å². The van der Waals surface area contributed by atoms with Crippen molar-refractivity contribution in [3.63, 3.8) is 0 Å². The zero-order chi connectivity index (χ0) is 28.9. The van der Waals surface area contributed by atoms with Crippen LogP contribution in [0.15, 0.2) is 72.8 Å². The van der Waals surface area contributed by atoms with Crippen LogP contribution in [0.2, 0.25) is 0 Å². The van der Waals surface area contributed by atoms with Crippen molar-refractivity contribution < 1.29 is 9.90 Å². The van der Waals surface area contributed by atoms with Crippen molar-refractivity contribution in [3.8, 4) is 22.6 Å². The van der Waals surface area contributed by atoms with Crippen LogP contribution in [0.5, 0.6) is 0 Å². The molecule has 0 radical (unpaired) electrons. The maximum atomic E-state index is 11.4. The molecule has 210 valence electrons. The number of aromatic carboxylic acids is 1. The van der Waals surface area contributed by atoms with Crippen LogP contribution in [-0.2, 0) is 19.6 Å². The molecule has 0 fully saturated rings. The molecule has 0 saturated carbocycles. The summed E-state index contributed by atoms with van der Waals surface area (Å²) in [5.41, 5.74) is 8.51. The molecule has 0 saturated heterocycles. The first kappa shape index (κ1) is 29.3. The number of aromatic nitrogens is 2. The molecule has 4 rings (SSSR count). The summed E-state index contributed by atoms with van der Waals surface area (Å²) in [6.45, 7) is 16.6. The number of hydrogen-bond donors (Lipinski definition) is 1. The second kappa shape index (κ2) is 12.6. The maximum Gasteiger partial charge on any atom is 0.335 e. The van der Waals surface area contributed by atoms with Gasteiger partial charge in [0.15, 0.2) is 0 Å². The number of imidazole rings is 1. The molecular weight excluding hydrogens is 494 g/mol. The molecule has 40 heavy (non-hydrogen) atoms. The topological polar surface area (TPSA) is 58.4 Å². The average molecular weight is 538 g/mol. The third-order valence-corrected chi connectivity index (χ3v) is 7.20. The molecule has 0 bridgehead atoms. The van der Waals surface area contributed by atoms with Crippen molar-refractivity contribution in [2.45, 2.75) is 74.0 Å². The van der Waals surface area contributed by atoms with Gasteiger partial charge >= 0.3 is 5.97 Å². The summed E-state index contributed by atoms with van der Waals surface area (Å²) in [4.78, 5) is 19.2. The number of hydrogen-bond acceptors (Lipinski definition) is 3. The molecule has 0 aliphatic heterocycles. The number of nitrogens with zero attached hydrogens (tertiary/aromatic N) is 3. The molecule has 4 aromatic rings. The van der Waals surface area contributed by atoms with Crippen molar-refractivity contribution in [2.24, 2.45) is 5.41 Å². The largest absolute Gasteiger partial charge is 0.478 e.